The number of ketones is 1. The van der Waals surface area contributed by atoms with E-state index in [9.17, 15) is 9.59 Å². The van der Waals surface area contributed by atoms with Gasteiger partial charge in [-0.1, -0.05) is 28.1 Å². The van der Waals surface area contributed by atoms with Crippen LogP contribution in [0, 0.1) is 6.92 Å². The molecule has 0 spiro atoms. The van der Waals surface area contributed by atoms with Gasteiger partial charge in [0.25, 0.3) is 0 Å². The maximum Gasteiger partial charge on any atom is 0.311 e. The van der Waals surface area contributed by atoms with E-state index in [1.807, 2.05) is 0 Å². The molecule has 0 fully saturated rings. The van der Waals surface area contributed by atoms with Crippen LogP contribution in [-0.2, 0) is 4.79 Å². The average molecular weight is 257 g/mol. The fourth-order valence-electron chi connectivity index (χ4n) is 1.21. The molecule has 1 N–H and O–H groups in total. The summed E-state index contributed by atoms with van der Waals surface area (Å²) in [5, 5.41) is 8.49. The number of carbonyl (C=O) groups is 2. The molecule has 14 heavy (non-hydrogen) atoms. The van der Waals surface area contributed by atoms with Gasteiger partial charge >= 0.3 is 5.97 Å². The van der Waals surface area contributed by atoms with E-state index >= 15 is 0 Å². The normalized spacial score (nSPS) is 9.86. The van der Waals surface area contributed by atoms with Crippen LogP contribution in [0.5, 0.6) is 0 Å². The molecule has 1 rings (SSSR count). The molecule has 0 saturated heterocycles. The van der Waals surface area contributed by atoms with Gasteiger partial charge < -0.3 is 5.11 Å². The first-order chi connectivity index (χ1) is 6.52. The van der Waals surface area contributed by atoms with Gasteiger partial charge in [0, 0.05) is 10.0 Å². The molecular formula is C10H9BrO3. The Morgan fingerprint density at radius 1 is 1.43 bits per heavy atom. The van der Waals surface area contributed by atoms with Gasteiger partial charge in [-0.2, -0.15) is 0 Å². The molecule has 0 aliphatic heterocycles. The summed E-state index contributed by atoms with van der Waals surface area (Å²) in [5.41, 5.74) is 1.24. The van der Waals surface area contributed by atoms with Crippen molar-refractivity contribution in [2.45, 2.75) is 13.3 Å². The highest BCUT2D eigenvalue weighted by atomic mass is 79.9. The van der Waals surface area contributed by atoms with Crippen LogP contribution in [0.2, 0.25) is 0 Å². The van der Waals surface area contributed by atoms with E-state index in [4.69, 9.17) is 5.11 Å². The highest BCUT2D eigenvalue weighted by Crippen LogP contribution is 2.21. The topological polar surface area (TPSA) is 54.4 Å². The molecule has 0 aromatic heterocycles. The van der Waals surface area contributed by atoms with Gasteiger partial charge in [-0.05, 0) is 18.6 Å². The summed E-state index contributed by atoms with van der Waals surface area (Å²) in [6, 6.07) is 5.30. The second-order valence-electron chi connectivity index (χ2n) is 2.93. The van der Waals surface area contributed by atoms with Crippen molar-refractivity contribution in [2.24, 2.45) is 0 Å². The van der Waals surface area contributed by atoms with Gasteiger partial charge in [-0.25, -0.2) is 0 Å². The summed E-state index contributed by atoms with van der Waals surface area (Å²) in [6.45, 7) is 1.78. The molecule has 0 aliphatic carbocycles. The lowest BCUT2D eigenvalue weighted by Crippen LogP contribution is -2.09. The molecule has 1 aromatic carbocycles. The maximum atomic E-state index is 11.5. The maximum absolute atomic E-state index is 11.5. The quantitative estimate of drug-likeness (QED) is 0.668. The van der Waals surface area contributed by atoms with Crippen LogP contribution in [0.15, 0.2) is 22.7 Å². The van der Waals surface area contributed by atoms with Crippen molar-refractivity contribution in [1.82, 2.24) is 0 Å². The third-order valence-corrected chi connectivity index (χ3v) is 2.47. The smallest absolute Gasteiger partial charge is 0.311 e. The molecule has 0 bridgehead atoms. The Bertz CT molecular complexity index is 365. The predicted molar refractivity (Wildman–Crippen MR) is 55.5 cm³/mol. The number of carboxylic acids is 1. The van der Waals surface area contributed by atoms with E-state index in [1.54, 1.807) is 25.1 Å². The summed E-state index contributed by atoms with van der Waals surface area (Å²) in [7, 11) is 0. The van der Waals surface area contributed by atoms with Crippen LogP contribution < -0.4 is 0 Å². The minimum Gasteiger partial charge on any atom is -0.481 e. The van der Waals surface area contributed by atoms with Crippen LogP contribution in [0.1, 0.15) is 22.3 Å². The summed E-state index contributed by atoms with van der Waals surface area (Å²) in [5.74, 6) is -1.48. The van der Waals surface area contributed by atoms with Crippen molar-refractivity contribution < 1.29 is 14.7 Å². The summed E-state index contributed by atoms with van der Waals surface area (Å²) in [6.07, 6.45) is -0.469. The standard InChI is InChI=1S/C10H9BrO3/c1-6-3-2-4-7(11)10(6)8(12)5-9(13)14/h2-4H,5H2,1H3,(H,13,14). The molecule has 0 unspecified atom stereocenters. The Morgan fingerprint density at radius 2 is 2.07 bits per heavy atom. The minimum atomic E-state index is -1.11. The van der Waals surface area contributed by atoms with E-state index in [0.29, 0.717) is 10.0 Å². The molecule has 0 radical (unpaired) electrons. The van der Waals surface area contributed by atoms with Crippen molar-refractivity contribution in [1.29, 1.82) is 0 Å². The largest absolute Gasteiger partial charge is 0.481 e. The third kappa shape index (κ3) is 2.42. The molecule has 0 saturated carbocycles. The number of aliphatic carboxylic acids is 1. The van der Waals surface area contributed by atoms with Crippen molar-refractivity contribution in [3.63, 3.8) is 0 Å². The molecule has 3 nitrogen and oxygen atoms in total. The number of hydrogen-bond donors (Lipinski definition) is 1. The lowest BCUT2D eigenvalue weighted by Gasteiger charge is -2.05. The van der Waals surface area contributed by atoms with E-state index in [1.165, 1.54) is 0 Å². The van der Waals surface area contributed by atoms with Gasteiger partial charge in [-0.15, -0.1) is 0 Å². The summed E-state index contributed by atoms with van der Waals surface area (Å²) in [4.78, 5) is 21.9. The van der Waals surface area contributed by atoms with Gasteiger partial charge in [0.1, 0.15) is 6.42 Å². The van der Waals surface area contributed by atoms with E-state index in [-0.39, 0.29) is 5.78 Å². The number of aryl methyl sites for hydroxylation is 1. The number of hydrogen-bond acceptors (Lipinski definition) is 2. The molecule has 74 valence electrons. The SMILES string of the molecule is Cc1cccc(Br)c1C(=O)CC(=O)O. The van der Waals surface area contributed by atoms with Crippen molar-refractivity contribution in [3.05, 3.63) is 33.8 Å². The van der Waals surface area contributed by atoms with Crippen LogP contribution >= 0.6 is 15.9 Å². The number of halogens is 1. The molecular weight excluding hydrogens is 248 g/mol. The number of benzene rings is 1. The molecule has 4 heteroatoms. The van der Waals surface area contributed by atoms with Crippen molar-refractivity contribution in [3.8, 4) is 0 Å². The monoisotopic (exact) mass is 256 g/mol. The van der Waals surface area contributed by atoms with Crippen LogP contribution in [-0.4, -0.2) is 16.9 Å². The number of Topliss-reactive ketones (excluding diaryl/α,β-unsaturated/α-hetero) is 1. The summed E-state index contributed by atoms with van der Waals surface area (Å²) >= 11 is 3.22. The van der Waals surface area contributed by atoms with Gasteiger partial charge in [0.2, 0.25) is 0 Å². The number of rotatable bonds is 3. The Labute approximate surface area is 89.9 Å². The zero-order chi connectivity index (χ0) is 10.7. The molecule has 0 atom stereocenters. The van der Waals surface area contributed by atoms with E-state index in [2.05, 4.69) is 15.9 Å². The van der Waals surface area contributed by atoms with E-state index in [0.717, 1.165) is 5.56 Å². The van der Waals surface area contributed by atoms with Crippen molar-refractivity contribution in [2.75, 3.05) is 0 Å². The zero-order valence-electron chi connectivity index (χ0n) is 7.58. The van der Waals surface area contributed by atoms with Crippen molar-refractivity contribution >= 4 is 27.7 Å². The lowest BCUT2D eigenvalue weighted by molar-refractivity contribution is -0.135. The highest BCUT2D eigenvalue weighted by Gasteiger charge is 2.15. The highest BCUT2D eigenvalue weighted by molar-refractivity contribution is 9.10. The van der Waals surface area contributed by atoms with Crippen LogP contribution in [0.4, 0.5) is 0 Å². The Kier molecular flexibility index (Phi) is 3.41. The van der Waals surface area contributed by atoms with Crippen LogP contribution in [0.3, 0.4) is 0 Å². The second-order valence-corrected chi connectivity index (χ2v) is 3.78. The fraction of sp³-hybridized carbons (Fsp3) is 0.200. The lowest BCUT2D eigenvalue weighted by atomic mass is 10.0. The van der Waals surface area contributed by atoms with Gasteiger partial charge in [0.15, 0.2) is 5.78 Å². The van der Waals surface area contributed by atoms with E-state index < -0.39 is 12.4 Å². The Morgan fingerprint density at radius 3 is 2.57 bits per heavy atom. The zero-order valence-corrected chi connectivity index (χ0v) is 9.17. The first kappa shape index (κ1) is 10.9. The minimum absolute atomic E-state index is 0.373. The first-order valence-electron chi connectivity index (χ1n) is 4.02. The summed E-state index contributed by atoms with van der Waals surface area (Å²) < 4.78 is 0.642. The molecule has 0 amide bonds. The molecule has 1 aromatic rings. The Balaban J connectivity index is 3.06. The number of carboxylic acid groups (broad SMARTS) is 1. The molecule has 0 heterocycles. The molecule has 0 aliphatic rings. The second kappa shape index (κ2) is 4.37. The third-order valence-electron chi connectivity index (χ3n) is 1.81. The fourth-order valence-corrected chi connectivity index (χ4v) is 1.90. The average Bonchev–Trinajstić information content (AvgIpc) is 2.01. The van der Waals surface area contributed by atoms with Gasteiger partial charge in [0.05, 0.1) is 0 Å². The predicted octanol–water partition coefficient (Wildman–Crippen LogP) is 2.41. The van der Waals surface area contributed by atoms with Crippen LogP contribution in [0.25, 0.3) is 0 Å². The Hall–Kier alpha value is -1.16. The first-order valence-corrected chi connectivity index (χ1v) is 4.81. The number of carbonyl (C=O) groups excluding carboxylic acids is 1. The van der Waals surface area contributed by atoms with Gasteiger partial charge in [-0.3, -0.25) is 9.59 Å².